The molecule has 0 aliphatic carbocycles. The average molecular weight is 263 g/mol. The first-order valence-electron chi connectivity index (χ1n) is 5.95. The van der Waals surface area contributed by atoms with E-state index in [1.165, 1.54) is 12.3 Å². The molecule has 0 spiro atoms. The average Bonchev–Trinajstić information content (AvgIpc) is 2.39. The zero-order valence-electron chi connectivity index (χ0n) is 10.6. The van der Waals surface area contributed by atoms with Gasteiger partial charge in [0.05, 0.1) is 24.9 Å². The molecule has 0 aliphatic heterocycles. The highest BCUT2D eigenvalue weighted by molar-refractivity contribution is 5.91. The summed E-state index contributed by atoms with van der Waals surface area (Å²) >= 11 is 0. The predicted molar refractivity (Wildman–Crippen MR) is 70.9 cm³/mol. The van der Waals surface area contributed by atoms with Crippen molar-refractivity contribution in [2.45, 2.75) is 12.8 Å². The topological polar surface area (TPSA) is 75.6 Å². The van der Waals surface area contributed by atoms with Gasteiger partial charge in [-0.15, -0.1) is 0 Å². The number of amides is 1. The molecule has 1 aromatic rings. The molecule has 1 rings (SSSR count). The molecule has 102 valence electrons. The second-order valence-corrected chi connectivity index (χ2v) is 3.88. The Balaban J connectivity index is 2.44. The molecular formula is C14H17NO4. The van der Waals surface area contributed by atoms with Crippen LogP contribution < -0.4 is 5.32 Å². The Hall–Kier alpha value is -2.30. The van der Waals surface area contributed by atoms with Crippen LogP contribution in [0.4, 0.5) is 0 Å². The number of nitrogens with one attached hydrogen (secondary N) is 1. The van der Waals surface area contributed by atoms with E-state index in [0.717, 1.165) is 0 Å². The van der Waals surface area contributed by atoms with Crippen molar-refractivity contribution in [3.8, 4) is 0 Å². The van der Waals surface area contributed by atoms with E-state index in [-0.39, 0.29) is 17.9 Å². The summed E-state index contributed by atoms with van der Waals surface area (Å²) < 4.78 is 4.92. The van der Waals surface area contributed by atoms with E-state index in [1.807, 2.05) is 0 Å². The van der Waals surface area contributed by atoms with Crippen molar-refractivity contribution >= 4 is 11.9 Å². The van der Waals surface area contributed by atoms with Crippen molar-refractivity contribution in [2.75, 3.05) is 13.2 Å². The van der Waals surface area contributed by atoms with Crippen LogP contribution in [-0.2, 0) is 16.0 Å². The van der Waals surface area contributed by atoms with Gasteiger partial charge in [-0.2, -0.15) is 0 Å². The molecule has 0 radical (unpaired) electrons. The third-order valence-corrected chi connectivity index (χ3v) is 2.48. The minimum Gasteiger partial charge on any atom is -0.502 e. The number of carboxylic acids is 1. The number of ether oxygens (including phenoxy) is 1. The lowest BCUT2D eigenvalue weighted by Crippen LogP contribution is -2.27. The van der Waals surface area contributed by atoms with Gasteiger partial charge in [0.2, 0.25) is 5.91 Å². The van der Waals surface area contributed by atoms with Gasteiger partial charge in [0.15, 0.2) is 0 Å². The van der Waals surface area contributed by atoms with Gasteiger partial charge in [-0.25, -0.2) is 4.79 Å². The lowest BCUT2D eigenvalue weighted by Gasteiger charge is -2.07. The summed E-state index contributed by atoms with van der Waals surface area (Å²) in [4.78, 5) is 22.6. The maximum atomic E-state index is 11.7. The first kappa shape index (κ1) is 14.8. The summed E-state index contributed by atoms with van der Waals surface area (Å²) in [5.74, 6) is -1.23. The fraction of sp³-hybridized carbons (Fsp3) is 0.286. The summed E-state index contributed by atoms with van der Waals surface area (Å²) in [5, 5.41) is 11.7. The van der Waals surface area contributed by atoms with Crippen LogP contribution in [0, 0.1) is 0 Å². The monoisotopic (exact) mass is 263 g/mol. The Bertz CT molecular complexity index is 457. The lowest BCUT2D eigenvalue weighted by atomic mass is 10.0. The molecule has 1 amide bonds. The Morgan fingerprint density at radius 2 is 2.11 bits per heavy atom. The van der Waals surface area contributed by atoms with Crippen LogP contribution in [0.15, 0.2) is 37.1 Å². The molecule has 5 heteroatoms. The summed E-state index contributed by atoms with van der Waals surface area (Å²) in [6, 6.07) is 6.48. The minimum absolute atomic E-state index is 0.0603. The molecule has 0 aromatic heterocycles. The van der Waals surface area contributed by atoms with Crippen LogP contribution in [0.1, 0.15) is 22.3 Å². The number of hydrogen-bond donors (Lipinski definition) is 2. The van der Waals surface area contributed by atoms with E-state index in [9.17, 15) is 9.59 Å². The largest absolute Gasteiger partial charge is 0.502 e. The van der Waals surface area contributed by atoms with Gasteiger partial charge in [0.1, 0.15) is 0 Å². The zero-order chi connectivity index (χ0) is 14.1. The van der Waals surface area contributed by atoms with E-state index in [4.69, 9.17) is 9.84 Å². The van der Waals surface area contributed by atoms with Crippen LogP contribution in [0.25, 0.3) is 0 Å². The molecule has 0 bridgehead atoms. The molecule has 0 saturated heterocycles. The number of hydrogen-bond acceptors (Lipinski definition) is 3. The molecule has 0 aliphatic rings. The standard InChI is InChI=1S/C14H17NO4/c1-2-19-9-5-8-15-13(16)10-11-6-3-4-7-12(11)14(17)18/h2-4,6-7H,1,5,8-10H2,(H,15,16)(H,17,18). The molecule has 1 aromatic carbocycles. The summed E-state index contributed by atoms with van der Waals surface area (Å²) in [5.41, 5.74) is 0.669. The second kappa shape index (κ2) is 7.92. The van der Waals surface area contributed by atoms with Crippen molar-refractivity contribution < 1.29 is 19.4 Å². The van der Waals surface area contributed by atoms with E-state index in [2.05, 4.69) is 11.9 Å². The van der Waals surface area contributed by atoms with E-state index >= 15 is 0 Å². The lowest BCUT2D eigenvalue weighted by molar-refractivity contribution is -0.120. The Kier molecular flexibility index (Phi) is 6.15. The van der Waals surface area contributed by atoms with E-state index in [0.29, 0.717) is 25.1 Å². The highest BCUT2D eigenvalue weighted by atomic mass is 16.5. The Morgan fingerprint density at radius 1 is 1.37 bits per heavy atom. The van der Waals surface area contributed by atoms with Crippen molar-refractivity contribution in [3.05, 3.63) is 48.2 Å². The fourth-order valence-electron chi connectivity index (χ4n) is 1.59. The Morgan fingerprint density at radius 3 is 2.79 bits per heavy atom. The summed E-state index contributed by atoms with van der Waals surface area (Å²) in [6.07, 6.45) is 2.09. The van der Waals surface area contributed by atoms with Crippen molar-refractivity contribution in [1.29, 1.82) is 0 Å². The fourth-order valence-corrected chi connectivity index (χ4v) is 1.59. The number of rotatable bonds is 8. The highest BCUT2D eigenvalue weighted by Crippen LogP contribution is 2.09. The van der Waals surface area contributed by atoms with Crippen LogP contribution >= 0.6 is 0 Å². The highest BCUT2D eigenvalue weighted by Gasteiger charge is 2.11. The number of aromatic carboxylic acids is 1. The maximum Gasteiger partial charge on any atom is 0.335 e. The van der Waals surface area contributed by atoms with Gasteiger partial charge in [0, 0.05) is 6.54 Å². The van der Waals surface area contributed by atoms with Crippen molar-refractivity contribution in [1.82, 2.24) is 5.32 Å². The molecule has 0 unspecified atom stereocenters. The number of carbonyl (C=O) groups is 2. The molecule has 0 atom stereocenters. The number of benzene rings is 1. The second-order valence-electron chi connectivity index (χ2n) is 3.88. The molecule has 0 fully saturated rings. The van der Waals surface area contributed by atoms with Gasteiger partial charge in [0.25, 0.3) is 0 Å². The molecule has 2 N–H and O–H groups in total. The van der Waals surface area contributed by atoms with Crippen LogP contribution in [0.3, 0.4) is 0 Å². The van der Waals surface area contributed by atoms with E-state index < -0.39 is 5.97 Å². The van der Waals surface area contributed by atoms with Crippen LogP contribution in [0.2, 0.25) is 0 Å². The van der Waals surface area contributed by atoms with Crippen LogP contribution in [-0.4, -0.2) is 30.1 Å². The van der Waals surface area contributed by atoms with Gasteiger partial charge in [-0.1, -0.05) is 24.8 Å². The summed E-state index contributed by atoms with van der Waals surface area (Å²) in [7, 11) is 0. The van der Waals surface area contributed by atoms with Gasteiger partial charge in [-0.05, 0) is 18.1 Å². The first-order valence-corrected chi connectivity index (χ1v) is 5.95. The van der Waals surface area contributed by atoms with Gasteiger partial charge in [-0.3, -0.25) is 4.79 Å². The SMILES string of the molecule is C=COCCCNC(=O)Cc1ccccc1C(=O)O. The maximum absolute atomic E-state index is 11.7. The summed E-state index contributed by atoms with van der Waals surface area (Å²) in [6.45, 7) is 4.39. The van der Waals surface area contributed by atoms with Crippen molar-refractivity contribution in [3.63, 3.8) is 0 Å². The van der Waals surface area contributed by atoms with Gasteiger partial charge >= 0.3 is 5.97 Å². The molecular weight excluding hydrogens is 246 g/mol. The molecule has 0 saturated carbocycles. The quantitative estimate of drug-likeness (QED) is 0.551. The smallest absolute Gasteiger partial charge is 0.335 e. The predicted octanol–water partition coefficient (Wildman–Crippen LogP) is 1.59. The minimum atomic E-state index is -1.03. The molecule has 5 nitrogen and oxygen atoms in total. The van der Waals surface area contributed by atoms with Crippen molar-refractivity contribution in [2.24, 2.45) is 0 Å². The third-order valence-electron chi connectivity index (χ3n) is 2.48. The van der Waals surface area contributed by atoms with Crippen LogP contribution in [0.5, 0.6) is 0 Å². The molecule has 0 heterocycles. The number of carbonyl (C=O) groups excluding carboxylic acids is 1. The normalized spacial score (nSPS) is 9.68. The first-order chi connectivity index (χ1) is 9.15. The zero-order valence-corrected chi connectivity index (χ0v) is 10.6. The third kappa shape index (κ3) is 5.25. The molecule has 19 heavy (non-hydrogen) atoms. The Labute approximate surface area is 111 Å². The number of carboxylic acid groups (broad SMARTS) is 1. The van der Waals surface area contributed by atoms with Gasteiger partial charge < -0.3 is 15.2 Å². The van der Waals surface area contributed by atoms with E-state index in [1.54, 1.807) is 18.2 Å².